The van der Waals surface area contributed by atoms with Crippen LogP contribution in [-0.2, 0) is 6.42 Å². The van der Waals surface area contributed by atoms with Crippen molar-refractivity contribution in [1.82, 2.24) is 20.2 Å². The average Bonchev–Trinajstić information content (AvgIpc) is 3.05. The molecular formula is C20H23ClN6OS. The van der Waals surface area contributed by atoms with E-state index in [2.05, 4.69) is 30.0 Å². The summed E-state index contributed by atoms with van der Waals surface area (Å²) in [6.45, 7) is 6.09. The molecule has 1 fully saturated rings. The summed E-state index contributed by atoms with van der Waals surface area (Å²) in [5, 5.41) is 11.5. The number of hydrogen-bond donors (Lipinski definition) is 0. The Labute approximate surface area is 179 Å². The normalized spacial score (nSPS) is 14.7. The molecule has 152 valence electrons. The van der Waals surface area contributed by atoms with Gasteiger partial charge in [0.2, 0.25) is 17.0 Å². The summed E-state index contributed by atoms with van der Waals surface area (Å²) < 4.78 is 5.50. The Morgan fingerprint density at radius 3 is 2.66 bits per heavy atom. The van der Waals surface area contributed by atoms with E-state index in [9.17, 15) is 0 Å². The Bertz CT molecular complexity index is 935. The van der Waals surface area contributed by atoms with Gasteiger partial charge in [-0.1, -0.05) is 35.1 Å². The zero-order chi connectivity index (χ0) is 20.1. The maximum atomic E-state index is 5.96. The molecule has 0 aliphatic carbocycles. The predicted molar refractivity (Wildman–Crippen MR) is 116 cm³/mol. The van der Waals surface area contributed by atoms with E-state index < -0.39 is 0 Å². The topological polar surface area (TPSA) is 67.3 Å². The SMILES string of the molecule is CCOc1ccnc(N2CCCN(c3nnc(Cc4ccc(Cl)cc4)s3)CC2)n1. The first-order valence-corrected chi connectivity index (χ1v) is 10.9. The van der Waals surface area contributed by atoms with E-state index in [0.717, 1.165) is 60.1 Å². The summed E-state index contributed by atoms with van der Waals surface area (Å²) in [7, 11) is 0. The van der Waals surface area contributed by atoms with Crippen molar-refractivity contribution in [2.45, 2.75) is 19.8 Å². The van der Waals surface area contributed by atoms with Gasteiger partial charge < -0.3 is 14.5 Å². The number of anilines is 2. The fourth-order valence-electron chi connectivity index (χ4n) is 3.24. The number of nitrogens with zero attached hydrogens (tertiary/aromatic N) is 6. The van der Waals surface area contributed by atoms with Gasteiger partial charge in [-0.3, -0.25) is 0 Å². The fraction of sp³-hybridized carbons (Fsp3) is 0.400. The second kappa shape index (κ2) is 9.37. The molecule has 1 aliphatic heterocycles. The Balaban J connectivity index is 1.39. The van der Waals surface area contributed by atoms with Crippen molar-refractivity contribution >= 4 is 34.0 Å². The highest BCUT2D eigenvalue weighted by Gasteiger charge is 2.20. The Kier molecular flexibility index (Phi) is 6.41. The average molecular weight is 431 g/mol. The van der Waals surface area contributed by atoms with Crippen molar-refractivity contribution in [2.75, 3.05) is 42.6 Å². The van der Waals surface area contributed by atoms with Gasteiger partial charge in [0.25, 0.3) is 0 Å². The number of halogens is 1. The lowest BCUT2D eigenvalue weighted by atomic mass is 10.2. The first-order valence-electron chi connectivity index (χ1n) is 9.74. The monoisotopic (exact) mass is 430 g/mol. The van der Waals surface area contributed by atoms with Crippen LogP contribution in [0.2, 0.25) is 5.02 Å². The smallest absolute Gasteiger partial charge is 0.228 e. The molecule has 0 saturated carbocycles. The molecule has 3 heterocycles. The van der Waals surface area contributed by atoms with Crippen LogP contribution >= 0.6 is 22.9 Å². The summed E-state index contributed by atoms with van der Waals surface area (Å²) >= 11 is 7.62. The number of benzene rings is 1. The molecule has 2 aromatic heterocycles. The quantitative estimate of drug-likeness (QED) is 0.590. The van der Waals surface area contributed by atoms with Crippen LogP contribution in [0.3, 0.4) is 0 Å². The second-order valence-corrected chi connectivity index (χ2v) is 8.21. The van der Waals surface area contributed by atoms with Crippen molar-refractivity contribution in [2.24, 2.45) is 0 Å². The molecule has 29 heavy (non-hydrogen) atoms. The molecule has 0 radical (unpaired) electrons. The maximum absolute atomic E-state index is 5.96. The minimum atomic E-state index is 0.597. The number of hydrogen-bond acceptors (Lipinski definition) is 8. The molecule has 1 aromatic carbocycles. The van der Waals surface area contributed by atoms with Crippen molar-refractivity contribution in [1.29, 1.82) is 0 Å². The Morgan fingerprint density at radius 1 is 1.03 bits per heavy atom. The van der Waals surface area contributed by atoms with Gasteiger partial charge in [0.15, 0.2) is 0 Å². The summed E-state index contributed by atoms with van der Waals surface area (Å²) in [4.78, 5) is 13.5. The Morgan fingerprint density at radius 2 is 1.83 bits per heavy atom. The van der Waals surface area contributed by atoms with Gasteiger partial charge in [-0.25, -0.2) is 4.98 Å². The molecule has 0 spiro atoms. The van der Waals surface area contributed by atoms with Crippen LogP contribution in [0, 0.1) is 0 Å². The van der Waals surface area contributed by atoms with Crippen molar-refractivity contribution in [3.8, 4) is 5.88 Å². The van der Waals surface area contributed by atoms with E-state index >= 15 is 0 Å². The van der Waals surface area contributed by atoms with Gasteiger partial charge in [-0.2, -0.15) is 4.98 Å². The molecular weight excluding hydrogens is 408 g/mol. The van der Waals surface area contributed by atoms with Gasteiger partial charge in [-0.15, -0.1) is 10.2 Å². The van der Waals surface area contributed by atoms with Crippen LogP contribution in [0.15, 0.2) is 36.5 Å². The number of aromatic nitrogens is 4. The Hall–Kier alpha value is -2.45. The molecule has 1 saturated heterocycles. The second-order valence-electron chi connectivity index (χ2n) is 6.74. The van der Waals surface area contributed by atoms with Crippen LogP contribution in [-0.4, -0.2) is 53.0 Å². The fourth-order valence-corrected chi connectivity index (χ4v) is 4.29. The maximum Gasteiger partial charge on any atom is 0.228 e. The van der Waals surface area contributed by atoms with Gasteiger partial charge >= 0.3 is 0 Å². The zero-order valence-electron chi connectivity index (χ0n) is 16.3. The van der Waals surface area contributed by atoms with Gasteiger partial charge in [-0.05, 0) is 31.0 Å². The minimum absolute atomic E-state index is 0.597. The molecule has 0 bridgehead atoms. The molecule has 7 nitrogen and oxygen atoms in total. The zero-order valence-corrected chi connectivity index (χ0v) is 17.9. The third-order valence-corrected chi connectivity index (χ3v) is 5.92. The predicted octanol–water partition coefficient (Wildman–Crippen LogP) is 3.69. The molecule has 0 atom stereocenters. The van der Waals surface area contributed by atoms with Crippen molar-refractivity contribution in [3.63, 3.8) is 0 Å². The van der Waals surface area contributed by atoms with E-state index in [-0.39, 0.29) is 0 Å². The van der Waals surface area contributed by atoms with Crippen LogP contribution in [0.5, 0.6) is 5.88 Å². The standard InChI is InChI=1S/C20H23ClN6OS/c1-2-28-17-8-9-22-19(23-17)26-10-3-11-27(13-12-26)20-25-24-18(29-20)14-15-4-6-16(21)7-5-15/h4-9H,2-3,10-14H2,1H3. The van der Waals surface area contributed by atoms with Crippen molar-refractivity contribution in [3.05, 3.63) is 52.1 Å². The highest BCUT2D eigenvalue weighted by molar-refractivity contribution is 7.15. The summed E-state index contributed by atoms with van der Waals surface area (Å²) in [6, 6.07) is 9.67. The van der Waals surface area contributed by atoms with Gasteiger partial charge in [0.05, 0.1) is 6.61 Å². The van der Waals surface area contributed by atoms with Crippen LogP contribution in [0.1, 0.15) is 23.9 Å². The van der Waals surface area contributed by atoms with E-state index in [0.29, 0.717) is 12.5 Å². The minimum Gasteiger partial charge on any atom is -0.478 e. The van der Waals surface area contributed by atoms with Crippen LogP contribution in [0.4, 0.5) is 11.1 Å². The first-order chi connectivity index (χ1) is 14.2. The third-order valence-electron chi connectivity index (χ3n) is 4.68. The van der Waals surface area contributed by atoms with E-state index in [4.69, 9.17) is 16.3 Å². The van der Waals surface area contributed by atoms with Crippen molar-refractivity contribution < 1.29 is 4.74 Å². The molecule has 1 aliphatic rings. The lowest BCUT2D eigenvalue weighted by Crippen LogP contribution is -2.31. The summed E-state index contributed by atoms with van der Waals surface area (Å²) in [6.07, 6.45) is 3.53. The van der Waals surface area contributed by atoms with Crippen LogP contribution < -0.4 is 14.5 Å². The third kappa shape index (κ3) is 5.13. The molecule has 4 rings (SSSR count). The number of ether oxygens (including phenoxy) is 1. The van der Waals surface area contributed by atoms with Gasteiger partial charge in [0.1, 0.15) is 5.01 Å². The molecule has 9 heteroatoms. The lowest BCUT2D eigenvalue weighted by molar-refractivity contribution is 0.326. The molecule has 3 aromatic rings. The number of rotatable bonds is 6. The highest BCUT2D eigenvalue weighted by Crippen LogP contribution is 2.25. The molecule has 0 amide bonds. The molecule has 0 unspecified atom stereocenters. The highest BCUT2D eigenvalue weighted by atomic mass is 35.5. The molecule has 0 N–H and O–H groups in total. The van der Waals surface area contributed by atoms with E-state index in [1.165, 1.54) is 5.56 Å². The summed E-state index contributed by atoms with van der Waals surface area (Å²) in [5.74, 6) is 1.34. The van der Waals surface area contributed by atoms with Gasteiger partial charge in [0, 0.05) is 49.9 Å². The lowest BCUT2D eigenvalue weighted by Gasteiger charge is -2.21. The van der Waals surface area contributed by atoms with E-state index in [1.54, 1.807) is 23.6 Å². The largest absolute Gasteiger partial charge is 0.478 e. The first kappa shape index (κ1) is 19.8. The van der Waals surface area contributed by atoms with E-state index in [1.807, 2.05) is 31.2 Å². The summed E-state index contributed by atoms with van der Waals surface area (Å²) in [5.41, 5.74) is 1.19. The van der Waals surface area contributed by atoms with Crippen LogP contribution in [0.25, 0.3) is 0 Å².